The summed E-state index contributed by atoms with van der Waals surface area (Å²) in [6, 6.07) is 6.54. The summed E-state index contributed by atoms with van der Waals surface area (Å²) < 4.78 is 1.91. The van der Waals surface area contributed by atoms with Crippen LogP contribution in [0.15, 0.2) is 24.4 Å². The lowest BCUT2D eigenvalue weighted by Crippen LogP contribution is -2.22. The summed E-state index contributed by atoms with van der Waals surface area (Å²) in [5.41, 5.74) is 4.76. The molecule has 0 atom stereocenters. The Labute approximate surface area is 115 Å². The predicted octanol–water partition coefficient (Wildman–Crippen LogP) is 4.13. The van der Waals surface area contributed by atoms with Gasteiger partial charge in [-0.15, -0.1) is 5.10 Å². The van der Waals surface area contributed by atoms with Crippen LogP contribution >= 0.6 is 0 Å². The van der Waals surface area contributed by atoms with Gasteiger partial charge in [0.05, 0.1) is 11.7 Å². The molecule has 0 aliphatic carbocycles. The molecule has 1 aromatic heterocycles. The molecule has 0 unspecified atom stereocenters. The van der Waals surface area contributed by atoms with Crippen molar-refractivity contribution in [2.45, 2.75) is 53.0 Å². The van der Waals surface area contributed by atoms with Crippen molar-refractivity contribution in [2.75, 3.05) is 0 Å². The largest absolute Gasteiger partial charge is 0.247 e. The van der Waals surface area contributed by atoms with Crippen molar-refractivity contribution in [3.8, 4) is 11.3 Å². The second-order valence-electron chi connectivity index (χ2n) is 6.45. The van der Waals surface area contributed by atoms with Crippen LogP contribution in [0.3, 0.4) is 0 Å². The highest BCUT2D eigenvalue weighted by Crippen LogP contribution is 2.25. The Morgan fingerprint density at radius 1 is 1.16 bits per heavy atom. The summed E-state index contributed by atoms with van der Waals surface area (Å²) in [4.78, 5) is 0. The van der Waals surface area contributed by atoms with Gasteiger partial charge in [-0.25, -0.2) is 4.68 Å². The summed E-state index contributed by atoms with van der Waals surface area (Å²) in [6.45, 7) is 13.0. The van der Waals surface area contributed by atoms with Crippen LogP contribution in [-0.2, 0) is 5.54 Å². The lowest BCUT2D eigenvalue weighted by Gasteiger charge is -2.17. The standard InChI is InChI=1S/C16H23N3/c1-11(2)14-8-7-13(9-12(14)3)15-10-19(18-17-15)16(4,5)6/h7-11H,1-6H3. The fourth-order valence-corrected chi connectivity index (χ4v) is 2.21. The molecule has 0 spiro atoms. The van der Waals surface area contributed by atoms with Crippen molar-refractivity contribution in [3.63, 3.8) is 0 Å². The van der Waals surface area contributed by atoms with E-state index in [2.05, 4.69) is 70.1 Å². The molecule has 2 aromatic rings. The van der Waals surface area contributed by atoms with Crippen LogP contribution in [0, 0.1) is 6.92 Å². The van der Waals surface area contributed by atoms with Gasteiger partial charge in [0.2, 0.25) is 0 Å². The zero-order valence-electron chi connectivity index (χ0n) is 12.7. The minimum Gasteiger partial charge on any atom is -0.247 e. The van der Waals surface area contributed by atoms with Gasteiger partial charge in [0.15, 0.2) is 0 Å². The first-order valence-corrected chi connectivity index (χ1v) is 6.83. The Balaban J connectivity index is 2.38. The number of aromatic nitrogens is 3. The van der Waals surface area contributed by atoms with Gasteiger partial charge < -0.3 is 0 Å². The van der Waals surface area contributed by atoms with Crippen molar-refractivity contribution in [2.24, 2.45) is 0 Å². The monoisotopic (exact) mass is 257 g/mol. The van der Waals surface area contributed by atoms with Crippen molar-refractivity contribution < 1.29 is 0 Å². The first-order valence-electron chi connectivity index (χ1n) is 6.83. The molecular weight excluding hydrogens is 234 g/mol. The molecular formula is C16H23N3. The Morgan fingerprint density at radius 3 is 2.32 bits per heavy atom. The average Bonchev–Trinajstić information content (AvgIpc) is 2.76. The van der Waals surface area contributed by atoms with Crippen LogP contribution in [0.2, 0.25) is 0 Å². The topological polar surface area (TPSA) is 30.7 Å². The minimum atomic E-state index is -0.0296. The van der Waals surface area contributed by atoms with Gasteiger partial charge in [-0.1, -0.05) is 31.2 Å². The van der Waals surface area contributed by atoms with E-state index in [-0.39, 0.29) is 5.54 Å². The number of benzene rings is 1. The van der Waals surface area contributed by atoms with E-state index in [1.54, 1.807) is 0 Å². The molecule has 2 rings (SSSR count). The second-order valence-corrected chi connectivity index (χ2v) is 6.45. The zero-order chi connectivity index (χ0) is 14.2. The van der Waals surface area contributed by atoms with E-state index in [0.717, 1.165) is 11.3 Å². The van der Waals surface area contributed by atoms with Crippen LogP contribution in [0.5, 0.6) is 0 Å². The fourth-order valence-electron chi connectivity index (χ4n) is 2.21. The third-order valence-electron chi connectivity index (χ3n) is 3.37. The molecule has 0 N–H and O–H groups in total. The van der Waals surface area contributed by atoms with E-state index in [4.69, 9.17) is 0 Å². The Morgan fingerprint density at radius 2 is 1.84 bits per heavy atom. The maximum absolute atomic E-state index is 4.28. The molecule has 1 aromatic carbocycles. The maximum atomic E-state index is 4.28. The molecule has 102 valence electrons. The molecule has 0 saturated carbocycles. The predicted molar refractivity (Wildman–Crippen MR) is 79.3 cm³/mol. The van der Waals surface area contributed by atoms with Gasteiger partial charge in [0, 0.05) is 5.56 Å². The Kier molecular flexibility index (Phi) is 3.48. The normalized spacial score (nSPS) is 12.2. The highest BCUT2D eigenvalue weighted by Gasteiger charge is 2.16. The molecule has 1 heterocycles. The molecule has 0 radical (unpaired) electrons. The third kappa shape index (κ3) is 2.86. The van der Waals surface area contributed by atoms with Gasteiger partial charge in [-0.05, 0) is 50.8 Å². The maximum Gasteiger partial charge on any atom is 0.113 e. The van der Waals surface area contributed by atoms with Crippen molar-refractivity contribution in [3.05, 3.63) is 35.5 Å². The van der Waals surface area contributed by atoms with Crippen LogP contribution in [-0.4, -0.2) is 15.0 Å². The first kappa shape index (κ1) is 13.8. The minimum absolute atomic E-state index is 0.0296. The van der Waals surface area contributed by atoms with E-state index < -0.39 is 0 Å². The van der Waals surface area contributed by atoms with E-state index >= 15 is 0 Å². The molecule has 3 nitrogen and oxygen atoms in total. The van der Waals surface area contributed by atoms with E-state index in [9.17, 15) is 0 Å². The summed E-state index contributed by atoms with van der Waals surface area (Å²) >= 11 is 0. The van der Waals surface area contributed by atoms with Gasteiger partial charge in [0.1, 0.15) is 5.69 Å². The summed E-state index contributed by atoms with van der Waals surface area (Å²) in [7, 11) is 0. The fraction of sp³-hybridized carbons (Fsp3) is 0.500. The third-order valence-corrected chi connectivity index (χ3v) is 3.37. The van der Waals surface area contributed by atoms with Gasteiger partial charge in [-0.2, -0.15) is 0 Å². The van der Waals surface area contributed by atoms with E-state index in [1.165, 1.54) is 11.1 Å². The van der Waals surface area contributed by atoms with Crippen molar-refractivity contribution >= 4 is 0 Å². The van der Waals surface area contributed by atoms with Crippen molar-refractivity contribution in [1.82, 2.24) is 15.0 Å². The molecule has 0 fully saturated rings. The average molecular weight is 257 g/mol. The first-order chi connectivity index (χ1) is 8.79. The van der Waals surface area contributed by atoms with Gasteiger partial charge >= 0.3 is 0 Å². The summed E-state index contributed by atoms with van der Waals surface area (Å²) in [5, 5.41) is 8.50. The highest BCUT2D eigenvalue weighted by molar-refractivity contribution is 5.60. The number of hydrogen-bond acceptors (Lipinski definition) is 2. The quantitative estimate of drug-likeness (QED) is 0.809. The van der Waals surface area contributed by atoms with Crippen LogP contribution in [0.25, 0.3) is 11.3 Å². The molecule has 0 aliphatic rings. The van der Waals surface area contributed by atoms with E-state index in [1.807, 2.05) is 10.9 Å². The smallest absolute Gasteiger partial charge is 0.113 e. The summed E-state index contributed by atoms with van der Waals surface area (Å²) in [6.07, 6.45) is 2.02. The SMILES string of the molecule is Cc1cc(-c2cn(C(C)(C)C)nn2)ccc1C(C)C. The van der Waals surface area contributed by atoms with Crippen LogP contribution in [0.1, 0.15) is 51.7 Å². The van der Waals surface area contributed by atoms with Gasteiger partial charge in [-0.3, -0.25) is 0 Å². The van der Waals surface area contributed by atoms with E-state index in [0.29, 0.717) is 5.92 Å². The second kappa shape index (κ2) is 4.80. The number of rotatable bonds is 2. The molecule has 0 bridgehead atoms. The number of nitrogens with zero attached hydrogens (tertiary/aromatic N) is 3. The lowest BCUT2D eigenvalue weighted by molar-refractivity contribution is 0.347. The summed E-state index contributed by atoms with van der Waals surface area (Å²) in [5.74, 6) is 0.555. The number of hydrogen-bond donors (Lipinski definition) is 0. The molecule has 0 aliphatic heterocycles. The zero-order valence-corrected chi connectivity index (χ0v) is 12.7. The van der Waals surface area contributed by atoms with Crippen molar-refractivity contribution in [1.29, 1.82) is 0 Å². The lowest BCUT2D eigenvalue weighted by atomic mass is 9.95. The van der Waals surface area contributed by atoms with Crippen LogP contribution in [0.4, 0.5) is 0 Å². The number of aryl methyl sites for hydroxylation is 1. The molecule has 19 heavy (non-hydrogen) atoms. The Bertz CT molecular complexity index is 574. The Hall–Kier alpha value is -1.64. The van der Waals surface area contributed by atoms with Gasteiger partial charge in [0.25, 0.3) is 0 Å². The highest BCUT2D eigenvalue weighted by atomic mass is 15.4. The molecule has 0 amide bonds. The van der Waals surface area contributed by atoms with Crippen LogP contribution < -0.4 is 0 Å². The molecule has 0 saturated heterocycles. The molecule has 3 heteroatoms.